The molecule has 0 atom stereocenters. The molecule has 5 rings (SSSR count). The summed E-state index contributed by atoms with van der Waals surface area (Å²) in [6.07, 6.45) is 9.59. The molecule has 2 fully saturated rings. The fraction of sp³-hybridized carbons (Fsp3) is 0.419. The van der Waals surface area contributed by atoms with E-state index in [1.807, 2.05) is 47.1 Å². The van der Waals surface area contributed by atoms with Crippen LogP contribution in [0.25, 0.3) is 0 Å². The van der Waals surface area contributed by atoms with Gasteiger partial charge < -0.3 is 14.4 Å². The van der Waals surface area contributed by atoms with Crippen LogP contribution in [0.5, 0.6) is 0 Å². The first-order valence-corrected chi connectivity index (χ1v) is 13.4. The molecule has 3 aromatic rings. The Morgan fingerprint density at radius 3 is 2.19 bits per heavy atom. The van der Waals surface area contributed by atoms with E-state index in [-0.39, 0.29) is 30.4 Å². The average Bonchev–Trinajstić information content (AvgIpc) is 3.66. The molecule has 188 valence electrons. The third-order valence-corrected chi connectivity index (χ3v) is 7.64. The number of carbonyl (C=O) groups excluding carboxylic acids is 2. The van der Waals surface area contributed by atoms with Crippen molar-refractivity contribution in [3.05, 3.63) is 95.3 Å². The number of aryl methyl sites for hydroxylation is 1. The Kier molecular flexibility index (Phi) is 7.55. The standard InChI is InChI=1S/C31H37N3O2/c1-24-14-16-26(17-15-24)31(36)34(27-11-6-3-7-12-27)23-30(35)33(28-18-19-28)22-29-13-8-20-32(29)21-25-9-4-2-5-10-25/h2,4-5,8-10,13-17,20,27-28H,3,6-7,11-12,18-19,21-23H2,1H3. The Morgan fingerprint density at radius 1 is 0.806 bits per heavy atom. The van der Waals surface area contributed by atoms with Crippen molar-refractivity contribution in [3.8, 4) is 0 Å². The molecule has 0 unspecified atom stereocenters. The number of rotatable bonds is 9. The SMILES string of the molecule is Cc1ccc(C(=O)N(CC(=O)N(Cc2cccn2Cc2ccccc2)C2CC2)C2CCCCC2)cc1. The molecule has 0 bridgehead atoms. The van der Waals surface area contributed by atoms with Crippen molar-refractivity contribution in [2.24, 2.45) is 0 Å². The number of hydrogen-bond acceptors (Lipinski definition) is 2. The lowest BCUT2D eigenvalue weighted by atomic mass is 9.93. The molecule has 0 saturated heterocycles. The van der Waals surface area contributed by atoms with Crippen LogP contribution in [0.3, 0.4) is 0 Å². The summed E-state index contributed by atoms with van der Waals surface area (Å²) in [5.41, 5.74) is 4.18. The van der Waals surface area contributed by atoms with Crippen LogP contribution in [0, 0.1) is 6.92 Å². The first-order valence-electron chi connectivity index (χ1n) is 13.4. The van der Waals surface area contributed by atoms with Crippen molar-refractivity contribution >= 4 is 11.8 Å². The average molecular weight is 484 g/mol. The van der Waals surface area contributed by atoms with Gasteiger partial charge in [0.1, 0.15) is 6.54 Å². The van der Waals surface area contributed by atoms with Crippen LogP contribution in [-0.4, -0.2) is 44.8 Å². The number of aromatic nitrogens is 1. The number of nitrogens with zero attached hydrogens (tertiary/aromatic N) is 3. The van der Waals surface area contributed by atoms with Crippen LogP contribution >= 0.6 is 0 Å². The molecule has 2 aromatic carbocycles. The zero-order chi connectivity index (χ0) is 24.9. The molecule has 0 aliphatic heterocycles. The van der Waals surface area contributed by atoms with E-state index in [0.29, 0.717) is 12.1 Å². The number of amides is 2. The van der Waals surface area contributed by atoms with Gasteiger partial charge in [0.2, 0.25) is 5.91 Å². The molecular formula is C31H37N3O2. The van der Waals surface area contributed by atoms with E-state index in [0.717, 1.165) is 56.3 Å². The Bertz CT molecular complexity index is 1160. The van der Waals surface area contributed by atoms with E-state index in [9.17, 15) is 9.59 Å². The van der Waals surface area contributed by atoms with Crippen molar-refractivity contribution < 1.29 is 9.59 Å². The van der Waals surface area contributed by atoms with E-state index in [1.165, 1.54) is 12.0 Å². The Morgan fingerprint density at radius 2 is 1.50 bits per heavy atom. The first-order chi connectivity index (χ1) is 17.6. The van der Waals surface area contributed by atoms with Gasteiger partial charge in [-0.2, -0.15) is 0 Å². The lowest BCUT2D eigenvalue weighted by Crippen LogP contribution is -2.48. The quantitative estimate of drug-likeness (QED) is 0.385. The molecule has 36 heavy (non-hydrogen) atoms. The number of carbonyl (C=O) groups is 2. The minimum absolute atomic E-state index is 0.0153. The molecule has 0 N–H and O–H groups in total. The zero-order valence-corrected chi connectivity index (χ0v) is 21.3. The summed E-state index contributed by atoms with van der Waals surface area (Å²) < 4.78 is 2.23. The second-order valence-corrected chi connectivity index (χ2v) is 10.5. The number of hydrogen-bond donors (Lipinski definition) is 0. The van der Waals surface area contributed by atoms with Crippen LogP contribution in [0.2, 0.25) is 0 Å². The van der Waals surface area contributed by atoms with E-state index in [2.05, 4.69) is 47.2 Å². The highest BCUT2D eigenvalue weighted by atomic mass is 16.2. The maximum absolute atomic E-state index is 13.8. The molecule has 2 aliphatic rings. The predicted octanol–water partition coefficient (Wildman–Crippen LogP) is 5.81. The minimum atomic E-state index is -0.0153. The lowest BCUT2D eigenvalue weighted by molar-refractivity contribution is -0.133. The molecule has 2 aliphatic carbocycles. The molecule has 1 aromatic heterocycles. The Balaban J connectivity index is 1.33. The van der Waals surface area contributed by atoms with Crippen molar-refractivity contribution in [2.75, 3.05) is 6.54 Å². The lowest BCUT2D eigenvalue weighted by Gasteiger charge is -2.35. The molecule has 0 radical (unpaired) electrons. The molecule has 2 amide bonds. The maximum atomic E-state index is 13.8. The number of benzene rings is 2. The minimum Gasteiger partial charge on any atom is -0.345 e. The summed E-state index contributed by atoms with van der Waals surface area (Å²) in [4.78, 5) is 31.3. The van der Waals surface area contributed by atoms with Crippen molar-refractivity contribution in [1.29, 1.82) is 0 Å². The van der Waals surface area contributed by atoms with Crippen molar-refractivity contribution in [3.63, 3.8) is 0 Å². The summed E-state index contributed by atoms with van der Waals surface area (Å²) in [6, 6.07) is 22.7. The van der Waals surface area contributed by atoms with Gasteiger partial charge in [0, 0.05) is 36.1 Å². The highest BCUT2D eigenvalue weighted by Gasteiger charge is 2.36. The summed E-state index contributed by atoms with van der Waals surface area (Å²) in [7, 11) is 0. The van der Waals surface area contributed by atoms with Crippen LogP contribution in [0.15, 0.2) is 72.9 Å². The Hall–Kier alpha value is -3.34. The summed E-state index contributed by atoms with van der Waals surface area (Å²) in [6.45, 7) is 3.56. The summed E-state index contributed by atoms with van der Waals surface area (Å²) in [5, 5.41) is 0. The fourth-order valence-electron chi connectivity index (χ4n) is 5.37. The van der Waals surface area contributed by atoms with Gasteiger partial charge in [-0.3, -0.25) is 9.59 Å². The first kappa shape index (κ1) is 24.4. The largest absolute Gasteiger partial charge is 0.345 e. The molecule has 5 nitrogen and oxygen atoms in total. The van der Waals surface area contributed by atoms with E-state index in [4.69, 9.17) is 0 Å². The zero-order valence-electron chi connectivity index (χ0n) is 21.3. The van der Waals surface area contributed by atoms with Gasteiger partial charge in [-0.25, -0.2) is 0 Å². The maximum Gasteiger partial charge on any atom is 0.254 e. The van der Waals surface area contributed by atoms with Gasteiger partial charge in [-0.15, -0.1) is 0 Å². The molecular weight excluding hydrogens is 446 g/mol. The monoisotopic (exact) mass is 483 g/mol. The second kappa shape index (κ2) is 11.2. The molecule has 2 saturated carbocycles. The third-order valence-electron chi connectivity index (χ3n) is 7.64. The van der Waals surface area contributed by atoms with Gasteiger partial charge in [0.25, 0.3) is 5.91 Å². The second-order valence-electron chi connectivity index (χ2n) is 10.5. The highest BCUT2D eigenvalue weighted by Crippen LogP contribution is 2.30. The van der Waals surface area contributed by atoms with Crippen LogP contribution < -0.4 is 0 Å². The highest BCUT2D eigenvalue weighted by molar-refractivity contribution is 5.96. The van der Waals surface area contributed by atoms with E-state index >= 15 is 0 Å². The van der Waals surface area contributed by atoms with Gasteiger partial charge in [-0.1, -0.05) is 67.3 Å². The van der Waals surface area contributed by atoms with Crippen molar-refractivity contribution in [1.82, 2.24) is 14.4 Å². The van der Waals surface area contributed by atoms with Crippen molar-refractivity contribution in [2.45, 2.75) is 77.0 Å². The molecule has 5 heteroatoms. The van der Waals surface area contributed by atoms with Crippen LogP contribution in [0.4, 0.5) is 0 Å². The third kappa shape index (κ3) is 5.89. The van der Waals surface area contributed by atoms with E-state index < -0.39 is 0 Å². The van der Waals surface area contributed by atoms with Gasteiger partial charge in [-0.05, 0) is 62.4 Å². The Labute approximate surface area is 214 Å². The van der Waals surface area contributed by atoms with Crippen LogP contribution in [0.1, 0.15) is 72.1 Å². The summed E-state index contributed by atoms with van der Waals surface area (Å²) in [5.74, 6) is 0.0504. The summed E-state index contributed by atoms with van der Waals surface area (Å²) >= 11 is 0. The van der Waals surface area contributed by atoms with Gasteiger partial charge in [0.15, 0.2) is 0 Å². The predicted molar refractivity (Wildman–Crippen MR) is 143 cm³/mol. The van der Waals surface area contributed by atoms with Gasteiger partial charge >= 0.3 is 0 Å². The van der Waals surface area contributed by atoms with Gasteiger partial charge in [0.05, 0.1) is 6.54 Å². The van der Waals surface area contributed by atoms with Crippen LogP contribution in [-0.2, 0) is 17.9 Å². The fourth-order valence-corrected chi connectivity index (χ4v) is 5.37. The topological polar surface area (TPSA) is 45.6 Å². The smallest absolute Gasteiger partial charge is 0.254 e. The van der Waals surface area contributed by atoms with E-state index in [1.54, 1.807) is 0 Å². The molecule has 0 spiro atoms. The molecule has 1 heterocycles. The normalized spacial score (nSPS) is 16.0.